The first kappa shape index (κ1) is 57.3. The Bertz CT molecular complexity index is 1280. The van der Waals surface area contributed by atoms with Gasteiger partial charge in [-0.05, 0) is 50.9 Å². The molecule has 17 nitrogen and oxygen atoms in total. The summed E-state index contributed by atoms with van der Waals surface area (Å²) < 4.78 is 21.3. The molecule has 6 N–H and O–H groups in total. The average Bonchev–Trinajstić information content (AvgIpc) is 3.25. The minimum absolute atomic E-state index is 0.0343. The van der Waals surface area contributed by atoms with Crippen molar-refractivity contribution in [3.8, 4) is 0 Å². The van der Waals surface area contributed by atoms with E-state index in [0.717, 1.165) is 51.4 Å². The van der Waals surface area contributed by atoms with Gasteiger partial charge in [-0.3, -0.25) is 28.8 Å². The molecule has 0 spiro atoms. The van der Waals surface area contributed by atoms with Crippen LogP contribution in [0.3, 0.4) is 0 Å². The van der Waals surface area contributed by atoms with E-state index in [1.165, 1.54) is 51.4 Å². The van der Waals surface area contributed by atoms with Gasteiger partial charge in [0.1, 0.15) is 19.3 Å². The molecule has 63 heavy (non-hydrogen) atoms. The summed E-state index contributed by atoms with van der Waals surface area (Å²) in [5.41, 5.74) is 0. The maximum atomic E-state index is 12.9. The Kier molecular flexibility index (Phi) is 35.3. The van der Waals surface area contributed by atoms with Gasteiger partial charge in [-0.1, -0.05) is 90.9 Å². The van der Waals surface area contributed by atoms with Crippen LogP contribution in [0.15, 0.2) is 0 Å². The van der Waals surface area contributed by atoms with Gasteiger partial charge in [0.2, 0.25) is 23.6 Å². The van der Waals surface area contributed by atoms with Crippen molar-refractivity contribution in [2.75, 3.05) is 72.5 Å². The molecule has 1 unspecified atom stereocenters. The van der Waals surface area contributed by atoms with Crippen molar-refractivity contribution in [3.05, 3.63) is 0 Å². The number of hydrogen-bond acceptors (Lipinski definition) is 11. The molecule has 0 aromatic carbocycles. The number of Topliss-reactive ketones (excluding diaryl/α,β-unsaturated/α-hetero) is 1. The lowest BCUT2D eigenvalue weighted by Gasteiger charge is -2.28. The molecule has 0 aromatic heterocycles. The van der Waals surface area contributed by atoms with E-state index in [0.29, 0.717) is 52.2 Å². The van der Waals surface area contributed by atoms with Crippen molar-refractivity contribution in [1.82, 2.24) is 21.3 Å². The summed E-state index contributed by atoms with van der Waals surface area (Å²) in [4.78, 5) is 83.4. The Hall–Kier alpha value is -3.67. The van der Waals surface area contributed by atoms with Crippen LogP contribution >= 0.6 is 0 Å². The molecule has 1 rings (SSSR count). The molecule has 1 aliphatic carbocycles. The molecule has 0 aliphatic heterocycles. The molecule has 1 fully saturated rings. The minimum atomic E-state index is -1.20. The second-order valence-electron chi connectivity index (χ2n) is 17.0. The van der Waals surface area contributed by atoms with E-state index in [9.17, 15) is 38.7 Å². The third-order valence-corrected chi connectivity index (χ3v) is 11.1. The van der Waals surface area contributed by atoms with E-state index in [4.69, 9.17) is 24.1 Å². The molecule has 0 heterocycles. The highest BCUT2D eigenvalue weighted by Crippen LogP contribution is 2.29. The number of amides is 4. The van der Waals surface area contributed by atoms with Gasteiger partial charge < -0.3 is 50.4 Å². The number of nitrogens with one attached hydrogen (secondary N) is 4. The fourth-order valence-corrected chi connectivity index (χ4v) is 7.09. The van der Waals surface area contributed by atoms with Gasteiger partial charge in [0.05, 0.1) is 39.6 Å². The van der Waals surface area contributed by atoms with Gasteiger partial charge >= 0.3 is 11.9 Å². The standard InChI is InChI=1S/C46H82N4O13/c1-36(2)40(51)34-62-31-29-61-28-26-48-43(54)35-63-32-30-60-27-25-47-42(53)24-23-39(46(58)59)50-45(57)38-21-19-37(20-22-38)33-49-41(52)17-15-13-11-9-7-5-3-4-6-8-10-12-14-16-18-44(55)56/h36-39H,3-35H2,1-2H3,(H,47,53)(H,48,54)(H,49,52)(H,50,57)(H,55,56)(H,58,59). The fraction of sp³-hybridized carbons (Fsp3) is 0.848. The van der Waals surface area contributed by atoms with E-state index in [1.807, 2.05) is 13.8 Å². The van der Waals surface area contributed by atoms with Gasteiger partial charge in [0, 0.05) is 50.7 Å². The number of carboxylic acid groups (broad SMARTS) is 2. The lowest BCUT2D eigenvalue weighted by Crippen LogP contribution is -2.45. The molecular weight excluding hydrogens is 817 g/mol. The summed E-state index contributed by atoms with van der Waals surface area (Å²) in [6, 6.07) is -1.18. The number of rotatable bonds is 42. The topological polar surface area (TPSA) is 245 Å². The third-order valence-electron chi connectivity index (χ3n) is 11.1. The number of ketones is 1. The Morgan fingerprint density at radius 3 is 1.49 bits per heavy atom. The van der Waals surface area contributed by atoms with Crippen LogP contribution < -0.4 is 21.3 Å². The van der Waals surface area contributed by atoms with Gasteiger partial charge in [-0.25, -0.2) is 4.79 Å². The first-order valence-corrected chi connectivity index (χ1v) is 23.8. The quantitative estimate of drug-likeness (QED) is 0.0437. The highest BCUT2D eigenvalue weighted by molar-refractivity contribution is 5.86. The smallest absolute Gasteiger partial charge is 0.326 e. The van der Waals surface area contributed by atoms with Crippen molar-refractivity contribution in [1.29, 1.82) is 0 Å². The first-order valence-electron chi connectivity index (χ1n) is 23.8. The largest absolute Gasteiger partial charge is 0.481 e. The van der Waals surface area contributed by atoms with Crippen molar-refractivity contribution >= 4 is 41.4 Å². The zero-order valence-electron chi connectivity index (χ0n) is 38.5. The van der Waals surface area contributed by atoms with Gasteiger partial charge in [-0.15, -0.1) is 0 Å². The number of aliphatic carboxylic acids is 2. The lowest BCUT2D eigenvalue weighted by molar-refractivity contribution is -0.143. The van der Waals surface area contributed by atoms with Crippen LogP contribution in [0.5, 0.6) is 0 Å². The maximum absolute atomic E-state index is 12.9. The molecule has 0 radical (unpaired) electrons. The lowest BCUT2D eigenvalue weighted by atomic mass is 9.81. The zero-order chi connectivity index (χ0) is 46.3. The molecule has 1 saturated carbocycles. The van der Waals surface area contributed by atoms with Crippen LogP contribution in [0.2, 0.25) is 0 Å². The average molecular weight is 899 g/mol. The normalized spacial score (nSPS) is 15.4. The number of ether oxygens (including phenoxy) is 4. The molecule has 1 atom stereocenters. The molecule has 364 valence electrons. The SMILES string of the molecule is CC(C)C(=O)COCCOCCNC(=O)COCCOCCNC(=O)CCC(NC(=O)C1CCC(CNC(=O)CCCCCCCCCCCCCCCCC(=O)O)CC1)C(=O)O. The summed E-state index contributed by atoms with van der Waals surface area (Å²) in [6.07, 6.45) is 19.4. The van der Waals surface area contributed by atoms with Crippen LogP contribution in [0.4, 0.5) is 0 Å². The van der Waals surface area contributed by atoms with Gasteiger partial charge in [0.15, 0.2) is 5.78 Å². The summed E-state index contributed by atoms with van der Waals surface area (Å²) in [6.45, 7) is 6.14. The highest BCUT2D eigenvalue weighted by Gasteiger charge is 2.30. The Morgan fingerprint density at radius 1 is 0.524 bits per heavy atom. The number of carbonyl (C=O) groups excluding carboxylic acids is 5. The van der Waals surface area contributed by atoms with E-state index in [2.05, 4.69) is 21.3 Å². The van der Waals surface area contributed by atoms with Gasteiger partial charge in [0.25, 0.3) is 0 Å². The van der Waals surface area contributed by atoms with Crippen molar-refractivity contribution in [3.63, 3.8) is 0 Å². The predicted molar refractivity (Wildman–Crippen MR) is 238 cm³/mol. The molecule has 17 heteroatoms. The molecular formula is C46H82N4O13. The number of unbranched alkanes of at least 4 members (excludes halogenated alkanes) is 13. The summed E-state index contributed by atoms with van der Waals surface area (Å²) in [7, 11) is 0. The fourth-order valence-electron chi connectivity index (χ4n) is 7.09. The highest BCUT2D eigenvalue weighted by atomic mass is 16.5. The van der Waals surface area contributed by atoms with Crippen molar-refractivity contribution in [2.45, 2.75) is 161 Å². The summed E-state index contributed by atoms with van der Waals surface area (Å²) in [5.74, 6) is -2.86. The maximum Gasteiger partial charge on any atom is 0.326 e. The molecule has 0 aromatic rings. The van der Waals surface area contributed by atoms with Gasteiger partial charge in [-0.2, -0.15) is 0 Å². The Balaban J connectivity index is 2.01. The monoisotopic (exact) mass is 899 g/mol. The van der Waals surface area contributed by atoms with E-state index in [1.54, 1.807) is 0 Å². The number of hydrogen-bond donors (Lipinski definition) is 6. The second kappa shape index (κ2) is 38.8. The summed E-state index contributed by atoms with van der Waals surface area (Å²) in [5, 5.41) is 29.4. The predicted octanol–water partition coefficient (Wildman–Crippen LogP) is 5.11. The number of carbonyl (C=O) groups is 7. The van der Waals surface area contributed by atoms with E-state index in [-0.39, 0.29) is 106 Å². The molecule has 0 saturated heterocycles. The van der Waals surface area contributed by atoms with Crippen molar-refractivity contribution in [2.24, 2.45) is 17.8 Å². The molecule has 1 aliphatic rings. The Morgan fingerprint density at radius 2 is 0.984 bits per heavy atom. The van der Waals surface area contributed by atoms with Crippen LogP contribution in [0.1, 0.15) is 155 Å². The molecule has 0 bridgehead atoms. The van der Waals surface area contributed by atoms with E-state index >= 15 is 0 Å². The third kappa shape index (κ3) is 34.4. The zero-order valence-corrected chi connectivity index (χ0v) is 38.5. The van der Waals surface area contributed by atoms with Crippen LogP contribution in [-0.4, -0.2) is 130 Å². The second-order valence-corrected chi connectivity index (χ2v) is 17.0. The van der Waals surface area contributed by atoms with Crippen LogP contribution in [0, 0.1) is 17.8 Å². The minimum Gasteiger partial charge on any atom is -0.481 e. The van der Waals surface area contributed by atoms with E-state index < -0.39 is 18.0 Å². The Labute approximate surface area is 376 Å². The summed E-state index contributed by atoms with van der Waals surface area (Å²) >= 11 is 0. The molecule has 4 amide bonds. The van der Waals surface area contributed by atoms with Crippen LogP contribution in [0.25, 0.3) is 0 Å². The first-order chi connectivity index (χ1) is 30.4. The van der Waals surface area contributed by atoms with Crippen LogP contribution in [-0.2, 0) is 52.5 Å². The number of carboxylic acids is 2. The van der Waals surface area contributed by atoms with Crippen molar-refractivity contribution < 1.29 is 62.7 Å².